The molecule has 0 fully saturated rings. The van der Waals surface area contributed by atoms with Crippen LogP contribution in [0.1, 0.15) is 17.2 Å². The van der Waals surface area contributed by atoms with Gasteiger partial charge in [-0.2, -0.15) is 0 Å². The first-order valence-electron chi connectivity index (χ1n) is 6.02. The molecule has 0 saturated heterocycles. The summed E-state index contributed by atoms with van der Waals surface area (Å²) in [5.41, 5.74) is 2.23. The van der Waals surface area contributed by atoms with Crippen LogP contribution in [0.5, 0.6) is 5.75 Å². The third kappa shape index (κ3) is 3.37. The van der Waals surface area contributed by atoms with Crippen LogP contribution in [0.2, 0.25) is 5.02 Å². The minimum absolute atomic E-state index is 0.0564. The van der Waals surface area contributed by atoms with Gasteiger partial charge < -0.3 is 10.1 Å². The normalized spacial score (nSPS) is 12.2. The average molecular weight is 420 g/mol. The third-order valence-electron chi connectivity index (χ3n) is 3.08. The van der Waals surface area contributed by atoms with Crippen LogP contribution in [0.15, 0.2) is 45.3 Å². The van der Waals surface area contributed by atoms with Crippen LogP contribution < -0.4 is 10.1 Å². The summed E-state index contributed by atoms with van der Waals surface area (Å²) in [5.74, 6) is 0.823. The predicted octanol–water partition coefficient (Wildman–Crippen LogP) is 5.18. The summed E-state index contributed by atoms with van der Waals surface area (Å²) in [6, 6.07) is 12.0. The highest BCUT2D eigenvalue weighted by molar-refractivity contribution is 9.10. The van der Waals surface area contributed by atoms with E-state index < -0.39 is 0 Å². The quantitative estimate of drug-likeness (QED) is 0.737. The lowest BCUT2D eigenvalue weighted by Gasteiger charge is -2.19. The molecule has 0 aliphatic rings. The maximum Gasteiger partial charge on any atom is 0.120 e. The first kappa shape index (κ1) is 15.8. The van der Waals surface area contributed by atoms with Crippen LogP contribution in [0.25, 0.3) is 0 Å². The molecule has 0 aliphatic heterocycles. The predicted molar refractivity (Wildman–Crippen MR) is 90.7 cm³/mol. The Bertz CT molecular complexity index is 619. The van der Waals surface area contributed by atoms with Crippen molar-refractivity contribution >= 4 is 43.5 Å². The van der Waals surface area contributed by atoms with Gasteiger partial charge in [0.05, 0.1) is 18.2 Å². The lowest BCUT2D eigenvalue weighted by Crippen LogP contribution is -2.18. The van der Waals surface area contributed by atoms with E-state index in [1.165, 1.54) is 0 Å². The Kier molecular flexibility index (Phi) is 5.49. The number of hydrogen-bond donors (Lipinski definition) is 1. The van der Waals surface area contributed by atoms with Gasteiger partial charge in [0.1, 0.15) is 5.75 Å². The molecule has 1 N–H and O–H groups in total. The van der Waals surface area contributed by atoms with E-state index in [1.807, 2.05) is 43.4 Å². The Morgan fingerprint density at radius 2 is 1.85 bits per heavy atom. The van der Waals surface area contributed by atoms with Crippen LogP contribution in [-0.2, 0) is 0 Å². The molecule has 1 unspecified atom stereocenters. The topological polar surface area (TPSA) is 21.3 Å². The first-order chi connectivity index (χ1) is 9.56. The van der Waals surface area contributed by atoms with E-state index in [0.29, 0.717) is 5.02 Å². The van der Waals surface area contributed by atoms with Crippen molar-refractivity contribution < 1.29 is 4.74 Å². The van der Waals surface area contributed by atoms with Gasteiger partial charge in [-0.15, -0.1) is 0 Å². The van der Waals surface area contributed by atoms with Crippen LogP contribution >= 0.6 is 43.5 Å². The van der Waals surface area contributed by atoms with Crippen molar-refractivity contribution in [3.05, 3.63) is 61.5 Å². The molecule has 2 aromatic carbocycles. The van der Waals surface area contributed by atoms with Crippen molar-refractivity contribution in [2.24, 2.45) is 0 Å². The summed E-state index contributed by atoms with van der Waals surface area (Å²) in [6.07, 6.45) is 0. The maximum atomic E-state index is 6.18. The summed E-state index contributed by atoms with van der Waals surface area (Å²) < 4.78 is 7.12. The molecular weight excluding hydrogens is 405 g/mol. The van der Waals surface area contributed by atoms with E-state index in [2.05, 4.69) is 37.2 Å². The van der Waals surface area contributed by atoms with Gasteiger partial charge in [-0.1, -0.05) is 39.7 Å². The first-order valence-corrected chi connectivity index (χ1v) is 7.99. The van der Waals surface area contributed by atoms with E-state index in [9.17, 15) is 0 Å². The molecule has 1 atom stereocenters. The van der Waals surface area contributed by atoms with E-state index in [-0.39, 0.29) is 6.04 Å². The molecule has 0 radical (unpaired) electrons. The number of halogens is 3. The zero-order chi connectivity index (χ0) is 14.7. The molecule has 0 spiro atoms. The highest BCUT2D eigenvalue weighted by atomic mass is 79.9. The Balaban J connectivity index is 2.43. The molecule has 0 aromatic heterocycles. The third-order valence-corrected chi connectivity index (χ3v) is 5.00. The van der Waals surface area contributed by atoms with Gasteiger partial charge in [0, 0.05) is 8.95 Å². The lowest BCUT2D eigenvalue weighted by molar-refractivity contribution is 0.414. The Labute approximate surface area is 140 Å². The summed E-state index contributed by atoms with van der Waals surface area (Å²) >= 11 is 13.2. The van der Waals surface area contributed by atoms with Gasteiger partial charge in [-0.3, -0.25) is 0 Å². The number of benzene rings is 2. The van der Waals surface area contributed by atoms with Gasteiger partial charge in [0.15, 0.2) is 0 Å². The number of methoxy groups -OCH3 is 1. The summed E-state index contributed by atoms with van der Waals surface area (Å²) in [6.45, 7) is 0. The van der Waals surface area contributed by atoms with Crippen molar-refractivity contribution in [3.63, 3.8) is 0 Å². The van der Waals surface area contributed by atoms with E-state index >= 15 is 0 Å². The zero-order valence-corrected chi connectivity index (χ0v) is 15.0. The molecule has 0 bridgehead atoms. The fraction of sp³-hybridized carbons (Fsp3) is 0.200. The largest absolute Gasteiger partial charge is 0.497 e. The van der Waals surface area contributed by atoms with Gasteiger partial charge in [-0.05, 0) is 58.4 Å². The average Bonchev–Trinajstić information content (AvgIpc) is 2.45. The number of rotatable bonds is 4. The number of nitrogens with one attached hydrogen (secondary N) is 1. The van der Waals surface area contributed by atoms with Crippen LogP contribution in [0.4, 0.5) is 0 Å². The van der Waals surface area contributed by atoms with Crippen LogP contribution in [0.3, 0.4) is 0 Å². The highest BCUT2D eigenvalue weighted by Crippen LogP contribution is 2.33. The minimum atomic E-state index is 0.0564. The van der Waals surface area contributed by atoms with Gasteiger partial charge in [0.25, 0.3) is 0 Å². The molecule has 0 saturated carbocycles. The Hall–Kier alpha value is -0.550. The van der Waals surface area contributed by atoms with E-state index in [1.54, 1.807) is 7.11 Å². The van der Waals surface area contributed by atoms with Crippen molar-refractivity contribution in [3.8, 4) is 5.75 Å². The fourth-order valence-electron chi connectivity index (χ4n) is 2.06. The van der Waals surface area contributed by atoms with Gasteiger partial charge in [0.2, 0.25) is 0 Å². The van der Waals surface area contributed by atoms with Crippen molar-refractivity contribution in [2.75, 3.05) is 14.2 Å². The standard InChI is InChI=1S/C15H14Br2ClNO/c1-19-15(9-3-6-12(16)14(18)7-9)11-5-4-10(20-2)8-13(11)17/h3-8,15,19H,1-2H3. The molecule has 2 aromatic rings. The number of hydrogen-bond acceptors (Lipinski definition) is 2. The van der Waals surface area contributed by atoms with E-state index in [0.717, 1.165) is 25.8 Å². The molecule has 0 heterocycles. The molecule has 0 amide bonds. The molecule has 20 heavy (non-hydrogen) atoms. The van der Waals surface area contributed by atoms with Gasteiger partial charge >= 0.3 is 0 Å². The monoisotopic (exact) mass is 417 g/mol. The molecular formula is C15H14Br2ClNO. The highest BCUT2D eigenvalue weighted by Gasteiger charge is 2.16. The maximum absolute atomic E-state index is 6.18. The van der Waals surface area contributed by atoms with Gasteiger partial charge in [-0.25, -0.2) is 0 Å². The van der Waals surface area contributed by atoms with Crippen LogP contribution in [0, 0.1) is 0 Å². The second kappa shape index (κ2) is 6.94. The smallest absolute Gasteiger partial charge is 0.120 e. The summed E-state index contributed by atoms with van der Waals surface area (Å²) in [7, 11) is 3.59. The zero-order valence-electron chi connectivity index (χ0n) is 11.1. The van der Waals surface area contributed by atoms with Crippen molar-refractivity contribution in [2.45, 2.75) is 6.04 Å². The number of ether oxygens (including phenoxy) is 1. The summed E-state index contributed by atoms with van der Waals surface area (Å²) in [4.78, 5) is 0. The Morgan fingerprint density at radius 3 is 2.40 bits per heavy atom. The fourth-order valence-corrected chi connectivity index (χ4v) is 3.08. The molecule has 106 valence electrons. The second-order valence-corrected chi connectivity index (χ2v) is 6.40. The molecule has 2 nitrogen and oxygen atoms in total. The molecule has 0 aliphatic carbocycles. The minimum Gasteiger partial charge on any atom is -0.497 e. The lowest BCUT2D eigenvalue weighted by atomic mass is 9.99. The van der Waals surface area contributed by atoms with E-state index in [4.69, 9.17) is 16.3 Å². The SMILES string of the molecule is CNC(c1ccc(Br)c(Cl)c1)c1ccc(OC)cc1Br. The molecule has 2 rings (SSSR count). The summed E-state index contributed by atoms with van der Waals surface area (Å²) in [5, 5.41) is 4.02. The second-order valence-electron chi connectivity index (χ2n) is 4.28. The van der Waals surface area contributed by atoms with Crippen molar-refractivity contribution in [1.82, 2.24) is 5.32 Å². The Morgan fingerprint density at radius 1 is 1.10 bits per heavy atom. The van der Waals surface area contributed by atoms with Crippen molar-refractivity contribution in [1.29, 1.82) is 0 Å². The van der Waals surface area contributed by atoms with Crippen LogP contribution in [-0.4, -0.2) is 14.2 Å². The molecule has 5 heteroatoms.